The number of halogens is 1. The molecule has 0 saturated carbocycles. The van der Waals surface area contributed by atoms with E-state index in [0.29, 0.717) is 28.8 Å². The highest BCUT2D eigenvalue weighted by Crippen LogP contribution is 2.32. The van der Waals surface area contributed by atoms with Gasteiger partial charge in [0.05, 0.1) is 21.7 Å². The zero-order valence-corrected chi connectivity index (χ0v) is 21.1. The van der Waals surface area contributed by atoms with Crippen molar-refractivity contribution < 1.29 is 13.2 Å². The van der Waals surface area contributed by atoms with Gasteiger partial charge in [-0.2, -0.15) is 4.31 Å². The monoisotopic (exact) mass is 514 g/mol. The number of sulfonamides is 1. The molecule has 10 heteroatoms. The number of hydrogen-bond acceptors (Lipinski definition) is 6. The predicted molar refractivity (Wildman–Crippen MR) is 136 cm³/mol. The van der Waals surface area contributed by atoms with Crippen molar-refractivity contribution in [2.45, 2.75) is 25.3 Å². The predicted octanol–water partition coefficient (Wildman–Crippen LogP) is 5.22. The number of aromatic nitrogens is 2. The Morgan fingerprint density at radius 1 is 1.06 bits per heavy atom. The molecule has 0 aliphatic rings. The standard InChI is InChI=1S/C24H23ClN4O3S2/c1-3-28(4-2)34(31,32)20-10-7-18(8-11-20)23(30)29(16-17-6-5-13-26-15-17)24-27-21-12-9-19(25)14-22(21)33-24/h5-15H,3-4,16H2,1-2H3. The van der Waals surface area contributed by atoms with Gasteiger partial charge < -0.3 is 0 Å². The molecular formula is C24H23ClN4O3S2. The van der Waals surface area contributed by atoms with Crippen molar-refractivity contribution in [3.05, 3.63) is 83.1 Å². The Morgan fingerprint density at radius 3 is 2.44 bits per heavy atom. The van der Waals surface area contributed by atoms with Gasteiger partial charge in [0, 0.05) is 36.1 Å². The van der Waals surface area contributed by atoms with E-state index in [1.165, 1.54) is 27.8 Å². The maximum atomic E-state index is 13.6. The maximum Gasteiger partial charge on any atom is 0.260 e. The van der Waals surface area contributed by atoms with Gasteiger partial charge in [-0.25, -0.2) is 13.4 Å². The van der Waals surface area contributed by atoms with E-state index in [1.54, 1.807) is 49.3 Å². The molecule has 0 aliphatic carbocycles. The van der Waals surface area contributed by atoms with Crippen LogP contribution in [0.25, 0.3) is 10.2 Å². The van der Waals surface area contributed by atoms with Crippen LogP contribution in [0.4, 0.5) is 5.13 Å². The van der Waals surface area contributed by atoms with Crippen molar-refractivity contribution >= 4 is 54.2 Å². The number of benzene rings is 2. The summed E-state index contributed by atoms with van der Waals surface area (Å²) in [5.74, 6) is -0.291. The van der Waals surface area contributed by atoms with E-state index in [1.807, 2.05) is 24.3 Å². The number of carbonyl (C=O) groups excluding carboxylic acids is 1. The number of thiazole rings is 1. The molecule has 0 bridgehead atoms. The van der Waals surface area contributed by atoms with Crippen LogP contribution < -0.4 is 4.90 Å². The number of fused-ring (bicyclic) bond motifs is 1. The van der Waals surface area contributed by atoms with Crippen LogP contribution in [0.3, 0.4) is 0 Å². The molecule has 0 saturated heterocycles. The molecule has 4 aromatic rings. The molecule has 0 unspecified atom stereocenters. The summed E-state index contributed by atoms with van der Waals surface area (Å²) < 4.78 is 27.9. The first-order chi connectivity index (χ1) is 16.3. The van der Waals surface area contributed by atoms with Gasteiger partial charge in [-0.15, -0.1) is 0 Å². The van der Waals surface area contributed by atoms with E-state index in [4.69, 9.17) is 11.6 Å². The van der Waals surface area contributed by atoms with Gasteiger partial charge in [-0.1, -0.05) is 42.9 Å². The van der Waals surface area contributed by atoms with E-state index in [2.05, 4.69) is 9.97 Å². The molecule has 2 aromatic carbocycles. The molecule has 4 rings (SSSR count). The number of rotatable bonds is 8. The fourth-order valence-electron chi connectivity index (χ4n) is 3.54. The van der Waals surface area contributed by atoms with E-state index in [-0.39, 0.29) is 17.3 Å². The summed E-state index contributed by atoms with van der Waals surface area (Å²) in [6.45, 7) is 4.60. The van der Waals surface area contributed by atoms with Crippen LogP contribution in [0.2, 0.25) is 5.02 Å². The van der Waals surface area contributed by atoms with Crippen LogP contribution in [0.5, 0.6) is 0 Å². The second-order valence-electron chi connectivity index (χ2n) is 7.47. The zero-order valence-electron chi connectivity index (χ0n) is 18.7. The number of nitrogens with zero attached hydrogens (tertiary/aromatic N) is 4. The van der Waals surface area contributed by atoms with Crippen molar-refractivity contribution in [2.24, 2.45) is 0 Å². The summed E-state index contributed by atoms with van der Waals surface area (Å²) in [7, 11) is -3.61. The fourth-order valence-corrected chi connectivity index (χ4v) is 6.24. The Hall–Kier alpha value is -2.85. The Balaban J connectivity index is 1.70. The normalized spacial score (nSPS) is 11.8. The number of hydrogen-bond donors (Lipinski definition) is 0. The number of anilines is 1. The minimum absolute atomic E-state index is 0.154. The molecular weight excluding hydrogens is 492 g/mol. The smallest absolute Gasteiger partial charge is 0.260 e. The van der Waals surface area contributed by atoms with Gasteiger partial charge in [0.15, 0.2) is 5.13 Å². The molecule has 0 radical (unpaired) electrons. The molecule has 0 fully saturated rings. The average Bonchev–Trinajstić information content (AvgIpc) is 3.26. The van der Waals surface area contributed by atoms with E-state index in [0.717, 1.165) is 15.8 Å². The van der Waals surface area contributed by atoms with Gasteiger partial charge in [-0.05, 0) is 54.1 Å². The van der Waals surface area contributed by atoms with Crippen LogP contribution in [0.1, 0.15) is 29.8 Å². The lowest BCUT2D eigenvalue weighted by Gasteiger charge is -2.21. The minimum atomic E-state index is -3.61. The topological polar surface area (TPSA) is 83.5 Å². The number of carbonyl (C=O) groups is 1. The highest BCUT2D eigenvalue weighted by Gasteiger charge is 2.25. The van der Waals surface area contributed by atoms with Crippen LogP contribution >= 0.6 is 22.9 Å². The quantitative estimate of drug-likeness (QED) is 0.322. The average molecular weight is 515 g/mol. The minimum Gasteiger partial charge on any atom is -0.279 e. The third-order valence-electron chi connectivity index (χ3n) is 5.32. The highest BCUT2D eigenvalue weighted by molar-refractivity contribution is 7.89. The fraction of sp³-hybridized carbons (Fsp3) is 0.208. The van der Waals surface area contributed by atoms with Gasteiger partial charge in [-0.3, -0.25) is 14.7 Å². The second kappa shape index (κ2) is 10.2. The van der Waals surface area contributed by atoms with Crippen LogP contribution in [0, 0.1) is 0 Å². The summed E-state index contributed by atoms with van der Waals surface area (Å²) in [6.07, 6.45) is 3.37. The molecule has 2 heterocycles. The van der Waals surface area contributed by atoms with Crippen molar-refractivity contribution in [2.75, 3.05) is 18.0 Å². The van der Waals surface area contributed by atoms with Crippen LogP contribution in [-0.4, -0.2) is 41.7 Å². The van der Waals surface area contributed by atoms with Crippen LogP contribution in [0.15, 0.2) is 71.9 Å². The Labute approximate surface area is 207 Å². The lowest BCUT2D eigenvalue weighted by atomic mass is 10.2. The van der Waals surface area contributed by atoms with Gasteiger partial charge in [0.25, 0.3) is 5.91 Å². The SMILES string of the molecule is CCN(CC)S(=O)(=O)c1ccc(C(=O)N(Cc2cccnc2)c2nc3ccc(Cl)cc3s2)cc1. The van der Waals surface area contributed by atoms with Crippen molar-refractivity contribution in [3.63, 3.8) is 0 Å². The Kier molecular flexibility index (Phi) is 7.27. The third kappa shape index (κ3) is 4.97. The summed E-state index contributed by atoms with van der Waals surface area (Å²) in [5.41, 5.74) is 1.95. The molecule has 34 heavy (non-hydrogen) atoms. The third-order valence-corrected chi connectivity index (χ3v) is 8.66. The van der Waals surface area contributed by atoms with Crippen molar-refractivity contribution in [3.8, 4) is 0 Å². The molecule has 0 aliphatic heterocycles. The number of pyridine rings is 1. The number of amides is 1. The molecule has 176 valence electrons. The van der Waals surface area contributed by atoms with Crippen molar-refractivity contribution in [1.82, 2.24) is 14.3 Å². The molecule has 2 aromatic heterocycles. The summed E-state index contributed by atoms with van der Waals surface area (Å²) >= 11 is 7.49. The molecule has 7 nitrogen and oxygen atoms in total. The van der Waals surface area contributed by atoms with E-state index >= 15 is 0 Å². The summed E-state index contributed by atoms with van der Waals surface area (Å²) in [4.78, 5) is 24.1. The van der Waals surface area contributed by atoms with Crippen molar-refractivity contribution in [1.29, 1.82) is 0 Å². The molecule has 0 N–H and O–H groups in total. The Bertz CT molecular complexity index is 1400. The summed E-state index contributed by atoms with van der Waals surface area (Å²) in [6, 6.07) is 15.1. The summed E-state index contributed by atoms with van der Waals surface area (Å²) in [5, 5.41) is 1.11. The second-order valence-corrected chi connectivity index (χ2v) is 10.9. The maximum absolute atomic E-state index is 13.6. The molecule has 1 amide bonds. The Morgan fingerprint density at radius 2 is 1.79 bits per heavy atom. The highest BCUT2D eigenvalue weighted by atomic mass is 35.5. The van der Waals surface area contributed by atoms with E-state index in [9.17, 15) is 13.2 Å². The van der Waals surface area contributed by atoms with Gasteiger partial charge in [0.2, 0.25) is 10.0 Å². The van der Waals surface area contributed by atoms with Gasteiger partial charge >= 0.3 is 0 Å². The molecule has 0 spiro atoms. The van der Waals surface area contributed by atoms with Gasteiger partial charge in [0.1, 0.15) is 0 Å². The largest absolute Gasteiger partial charge is 0.279 e. The van der Waals surface area contributed by atoms with E-state index < -0.39 is 10.0 Å². The molecule has 0 atom stereocenters. The lowest BCUT2D eigenvalue weighted by Crippen LogP contribution is -2.31. The lowest BCUT2D eigenvalue weighted by molar-refractivity contribution is 0.0985. The first-order valence-electron chi connectivity index (χ1n) is 10.7. The zero-order chi connectivity index (χ0) is 24.3. The first kappa shape index (κ1) is 24.3. The van der Waals surface area contributed by atoms with Crippen LogP contribution in [-0.2, 0) is 16.6 Å². The first-order valence-corrected chi connectivity index (χ1v) is 13.3.